The second kappa shape index (κ2) is 5.19. The molecule has 2 aromatic rings. The Morgan fingerprint density at radius 1 is 1.12 bits per heavy atom. The molecule has 1 aromatic carbocycles. The fraction of sp³-hybridized carbons (Fsp3) is 0.200. The molecular weight excluding hydrogens is 228 g/mol. The molecule has 2 rings (SSSR count). The van der Waals surface area contributed by atoms with Crippen LogP contribution in [0.3, 0.4) is 0 Å². The van der Waals surface area contributed by atoms with Gasteiger partial charge < -0.3 is 4.74 Å². The summed E-state index contributed by atoms with van der Waals surface area (Å²) in [5, 5.41) is 2.09. The third-order valence-corrected chi connectivity index (χ3v) is 3.51. The van der Waals surface area contributed by atoms with Crippen molar-refractivity contribution < 1.29 is 4.74 Å². The second-order valence-corrected chi connectivity index (χ2v) is 5.02. The van der Waals surface area contributed by atoms with Gasteiger partial charge in [0.2, 0.25) is 0 Å². The van der Waals surface area contributed by atoms with Gasteiger partial charge in [0.25, 0.3) is 0 Å². The van der Waals surface area contributed by atoms with Crippen molar-refractivity contribution in [1.82, 2.24) is 0 Å². The summed E-state index contributed by atoms with van der Waals surface area (Å²) in [6.45, 7) is 4.16. The summed E-state index contributed by atoms with van der Waals surface area (Å²) in [5.41, 5.74) is 3.57. The molecule has 0 saturated carbocycles. The van der Waals surface area contributed by atoms with Crippen LogP contribution < -0.4 is 4.74 Å². The van der Waals surface area contributed by atoms with Crippen molar-refractivity contribution in [3.8, 4) is 5.75 Å². The van der Waals surface area contributed by atoms with E-state index in [9.17, 15) is 0 Å². The van der Waals surface area contributed by atoms with Crippen LogP contribution in [-0.2, 0) is 0 Å². The average Bonchev–Trinajstić information content (AvgIpc) is 2.79. The van der Waals surface area contributed by atoms with Gasteiger partial charge in [-0.2, -0.15) is 0 Å². The summed E-state index contributed by atoms with van der Waals surface area (Å²) in [4.78, 5) is 1.27. The van der Waals surface area contributed by atoms with E-state index < -0.39 is 0 Å². The van der Waals surface area contributed by atoms with Crippen LogP contribution in [0.2, 0.25) is 0 Å². The molecule has 0 aliphatic rings. The lowest BCUT2D eigenvalue weighted by Gasteiger charge is -2.09. The van der Waals surface area contributed by atoms with Crippen LogP contribution in [0.15, 0.2) is 29.6 Å². The lowest BCUT2D eigenvalue weighted by atomic mass is 10.1. The zero-order chi connectivity index (χ0) is 12.3. The van der Waals surface area contributed by atoms with E-state index in [2.05, 4.69) is 55.6 Å². The normalized spacial score (nSPS) is 11.0. The first-order chi connectivity index (χ1) is 8.20. The molecule has 1 aromatic heterocycles. The molecule has 0 N–H and O–H groups in total. The van der Waals surface area contributed by atoms with Crippen molar-refractivity contribution in [1.29, 1.82) is 0 Å². The Balaban J connectivity index is 2.29. The molecule has 0 spiro atoms. The molecule has 88 valence electrons. The highest BCUT2D eigenvalue weighted by Gasteiger charge is 2.03. The highest BCUT2D eigenvalue weighted by Crippen LogP contribution is 2.25. The highest BCUT2D eigenvalue weighted by molar-refractivity contribution is 7.10. The van der Waals surface area contributed by atoms with E-state index in [0.29, 0.717) is 0 Å². The molecule has 0 saturated heterocycles. The van der Waals surface area contributed by atoms with Gasteiger partial charge in [0, 0.05) is 4.88 Å². The predicted octanol–water partition coefficient (Wildman–Crippen LogP) is 4.54. The van der Waals surface area contributed by atoms with E-state index >= 15 is 0 Å². The third-order valence-electron chi connectivity index (χ3n) is 2.67. The lowest BCUT2D eigenvalue weighted by Crippen LogP contribution is -1.91. The van der Waals surface area contributed by atoms with Gasteiger partial charge in [-0.25, -0.2) is 0 Å². The van der Waals surface area contributed by atoms with Crippen LogP contribution in [0.4, 0.5) is 0 Å². The monoisotopic (exact) mass is 244 g/mol. The second-order valence-electron chi connectivity index (χ2n) is 4.04. The first-order valence-electron chi connectivity index (χ1n) is 5.57. The van der Waals surface area contributed by atoms with E-state index in [-0.39, 0.29) is 0 Å². The number of methoxy groups -OCH3 is 1. The van der Waals surface area contributed by atoms with Gasteiger partial charge in [0.1, 0.15) is 5.75 Å². The number of thiophene rings is 1. The van der Waals surface area contributed by atoms with E-state index in [0.717, 1.165) is 5.75 Å². The van der Waals surface area contributed by atoms with Crippen LogP contribution in [-0.4, -0.2) is 7.11 Å². The van der Waals surface area contributed by atoms with E-state index in [1.807, 2.05) is 0 Å². The highest BCUT2D eigenvalue weighted by atomic mass is 32.1. The molecule has 0 fully saturated rings. The average molecular weight is 244 g/mol. The standard InChI is InChI=1S/C15H16OS/c1-11-9-13(10-12(2)15(11)16-3)6-7-14-5-4-8-17-14/h4-10H,1-3H3/b7-6+. The minimum Gasteiger partial charge on any atom is -0.496 e. The number of ether oxygens (including phenoxy) is 1. The number of rotatable bonds is 3. The number of benzene rings is 1. The lowest BCUT2D eigenvalue weighted by molar-refractivity contribution is 0.408. The van der Waals surface area contributed by atoms with Crippen molar-refractivity contribution in [3.05, 3.63) is 51.2 Å². The molecule has 2 heteroatoms. The zero-order valence-corrected chi connectivity index (χ0v) is 11.2. The van der Waals surface area contributed by atoms with Crippen molar-refractivity contribution in [3.63, 3.8) is 0 Å². The summed E-state index contributed by atoms with van der Waals surface area (Å²) in [6.07, 6.45) is 4.29. The first kappa shape index (κ1) is 11.9. The van der Waals surface area contributed by atoms with E-state index in [4.69, 9.17) is 4.74 Å². The van der Waals surface area contributed by atoms with Gasteiger partial charge in [0.05, 0.1) is 7.11 Å². The van der Waals surface area contributed by atoms with Crippen molar-refractivity contribution in [2.75, 3.05) is 7.11 Å². The Morgan fingerprint density at radius 2 is 1.82 bits per heavy atom. The zero-order valence-electron chi connectivity index (χ0n) is 10.4. The molecule has 17 heavy (non-hydrogen) atoms. The SMILES string of the molecule is COc1c(C)cc(/C=C/c2cccs2)cc1C. The van der Waals surface area contributed by atoms with Gasteiger partial charge >= 0.3 is 0 Å². The maximum Gasteiger partial charge on any atom is 0.124 e. The Labute approximate surface area is 106 Å². The Morgan fingerprint density at radius 3 is 2.35 bits per heavy atom. The molecule has 0 unspecified atom stereocenters. The third kappa shape index (κ3) is 2.77. The molecule has 0 aliphatic carbocycles. The predicted molar refractivity (Wildman–Crippen MR) is 75.7 cm³/mol. The van der Waals surface area contributed by atoms with Gasteiger partial charge in [0.15, 0.2) is 0 Å². The van der Waals surface area contributed by atoms with Gasteiger partial charge in [-0.1, -0.05) is 12.1 Å². The number of aryl methyl sites for hydroxylation is 2. The minimum absolute atomic E-state index is 0.985. The summed E-state index contributed by atoms with van der Waals surface area (Å²) in [5.74, 6) is 0.985. The van der Waals surface area contributed by atoms with Crippen molar-refractivity contribution >= 4 is 23.5 Å². The molecule has 1 heterocycles. The fourth-order valence-corrected chi connectivity index (χ4v) is 2.58. The van der Waals surface area contributed by atoms with E-state index in [1.54, 1.807) is 18.4 Å². The minimum atomic E-state index is 0.985. The van der Waals surface area contributed by atoms with Gasteiger partial charge in [-0.05, 0) is 60.2 Å². The molecule has 0 amide bonds. The summed E-state index contributed by atoms with van der Waals surface area (Å²) in [6, 6.07) is 8.48. The van der Waals surface area contributed by atoms with Crippen molar-refractivity contribution in [2.45, 2.75) is 13.8 Å². The molecule has 0 atom stereocenters. The Hall–Kier alpha value is -1.54. The van der Waals surface area contributed by atoms with E-state index in [1.165, 1.54) is 21.6 Å². The molecule has 1 nitrogen and oxygen atoms in total. The maximum absolute atomic E-state index is 5.36. The van der Waals surface area contributed by atoms with Gasteiger partial charge in [-0.15, -0.1) is 11.3 Å². The first-order valence-corrected chi connectivity index (χ1v) is 6.45. The fourth-order valence-electron chi connectivity index (χ4n) is 1.97. The molecule has 0 aliphatic heterocycles. The maximum atomic E-state index is 5.36. The summed E-state index contributed by atoms with van der Waals surface area (Å²) < 4.78 is 5.36. The summed E-state index contributed by atoms with van der Waals surface area (Å²) >= 11 is 1.75. The van der Waals surface area contributed by atoms with Crippen LogP contribution in [0.5, 0.6) is 5.75 Å². The molecule has 0 bridgehead atoms. The topological polar surface area (TPSA) is 9.23 Å². The molecular formula is C15H16OS. The van der Waals surface area contributed by atoms with Crippen LogP contribution >= 0.6 is 11.3 Å². The Bertz CT molecular complexity index is 501. The Kier molecular flexibility index (Phi) is 3.64. The number of hydrogen-bond donors (Lipinski definition) is 0. The number of hydrogen-bond acceptors (Lipinski definition) is 2. The quantitative estimate of drug-likeness (QED) is 0.770. The smallest absolute Gasteiger partial charge is 0.124 e. The van der Waals surface area contributed by atoms with Crippen LogP contribution in [0.1, 0.15) is 21.6 Å². The van der Waals surface area contributed by atoms with Gasteiger partial charge in [-0.3, -0.25) is 0 Å². The summed E-state index contributed by atoms with van der Waals surface area (Å²) in [7, 11) is 1.72. The van der Waals surface area contributed by atoms with Crippen molar-refractivity contribution in [2.24, 2.45) is 0 Å². The largest absolute Gasteiger partial charge is 0.496 e. The van der Waals surface area contributed by atoms with Crippen LogP contribution in [0.25, 0.3) is 12.2 Å². The van der Waals surface area contributed by atoms with Crippen LogP contribution in [0, 0.1) is 13.8 Å². The molecule has 0 radical (unpaired) electrons.